The zero-order valence-electron chi connectivity index (χ0n) is 16.4. The number of hydrogen-bond acceptors (Lipinski definition) is 5. The Morgan fingerprint density at radius 3 is 2.58 bits per heavy atom. The average Bonchev–Trinajstić information content (AvgIpc) is 3.11. The van der Waals surface area contributed by atoms with Gasteiger partial charge >= 0.3 is 0 Å². The Labute approximate surface area is 156 Å². The molecule has 0 bridgehead atoms. The normalized spacial score (nSPS) is 46.2. The predicted octanol–water partition coefficient (Wildman–Crippen LogP) is 1.65. The number of aliphatic hydroxyl groups is 4. The molecule has 0 radical (unpaired) electrons. The third-order valence-corrected chi connectivity index (χ3v) is 7.25. The maximum atomic E-state index is 11.1. The average molecular weight is 366 g/mol. The second kappa shape index (κ2) is 7.36. The summed E-state index contributed by atoms with van der Waals surface area (Å²) < 4.78 is 5.42. The van der Waals surface area contributed by atoms with Crippen LogP contribution in [0.5, 0.6) is 0 Å². The van der Waals surface area contributed by atoms with Crippen molar-refractivity contribution < 1.29 is 25.2 Å². The highest BCUT2D eigenvalue weighted by molar-refractivity contribution is 5.43. The molecule has 3 aliphatic rings. The standard InChI is InChI=1S/C21H34O5/c1-11(9-22)15-7-17(23)21(3)8-16-13(10-26-4)5-6-14(16)12(2)19(24)20(25)18(15)21/h8,11-14,17,19-20,22-25H,5-7,9-10H2,1-4H3/b16-8-/t11-,12+,13+,14-,17-,19+,20+,21-/m0/s1. The van der Waals surface area contributed by atoms with Crippen molar-refractivity contribution in [2.24, 2.45) is 29.1 Å². The molecule has 1 saturated carbocycles. The number of fused-ring (bicyclic) bond motifs is 2. The quantitative estimate of drug-likeness (QED) is 0.568. The molecule has 26 heavy (non-hydrogen) atoms. The molecule has 0 spiro atoms. The fourth-order valence-electron chi connectivity index (χ4n) is 5.55. The minimum absolute atomic E-state index is 0.0362. The molecule has 0 amide bonds. The Hall–Kier alpha value is -0.720. The topological polar surface area (TPSA) is 90.2 Å². The van der Waals surface area contributed by atoms with Gasteiger partial charge in [-0.2, -0.15) is 0 Å². The number of rotatable bonds is 4. The molecular weight excluding hydrogens is 332 g/mol. The number of methoxy groups -OCH3 is 1. The van der Waals surface area contributed by atoms with Crippen molar-refractivity contribution >= 4 is 0 Å². The molecule has 1 fully saturated rings. The summed E-state index contributed by atoms with van der Waals surface area (Å²) in [5, 5.41) is 42.6. The SMILES string of the molecule is COC[C@H]1CC[C@@H]2/C1=C\[C@]1(C)C(=C([C@@H](C)CO)C[C@@H]1O)[C@@H](O)[C@H](O)[C@@H]2C. The van der Waals surface area contributed by atoms with Crippen LogP contribution in [0.1, 0.15) is 40.0 Å². The summed E-state index contributed by atoms with van der Waals surface area (Å²) in [6, 6.07) is 0. The minimum atomic E-state index is -1.02. The van der Waals surface area contributed by atoms with Gasteiger partial charge in [-0.1, -0.05) is 31.1 Å². The van der Waals surface area contributed by atoms with Crippen LogP contribution in [-0.4, -0.2) is 59.1 Å². The fourth-order valence-corrected chi connectivity index (χ4v) is 5.55. The zero-order chi connectivity index (χ0) is 19.2. The van der Waals surface area contributed by atoms with E-state index in [1.165, 1.54) is 5.57 Å². The van der Waals surface area contributed by atoms with Gasteiger partial charge in [-0.3, -0.25) is 0 Å². The molecule has 148 valence electrons. The molecule has 0 unspecified atom stereocenters. The highest BCUT2D eigenvalue weighted by Gasteiger charge is 2.52. The van der Waals surface area contributed by atoms with Crippen molar-refractivity contribution in [3.8, 4) is 0 Å². The van der Waals surface area contributed by atoms with E-state index in [4.69, 9.17) is 4.74 Å². The highest BCUT2D eigenvalue weighted by atomic mass is 16.5. The summed E-state index contributed by atoms with van der Waals surface area (Å²) in [6.45, 7) is 6.47. The first-order chi connectivity index (χ1) is 12.3. The van der Waals surface area contributed by atoms with Crippen LogP contribution in [0, 0.1) is 29.1 Å². The lowest BCUT2D eigenvalue weighted by molar-refractivity contribution is -0.0218. The summed E-state index contributed by atoms with van der Waals surface area (Å²) >= 11 is 0. The Morgan fingerprint density at radius 2 is 1.96 bits per heavy atom. The first kappa shape index (κ1) is 20.0. The van der Waals surface area contributed by atoms with Gasteiger partial charge in [0.15, 0.2) is 0 Å². The van der Waals surface area contributed by atoms with Gasteiger partial charge in [-0.25, -0.2) is 0 Å². The molecular formula is C21H34O5. The Bertz CT molecular complexity index is 597. The summed E-state index contributed by atoms with van der Waals surface area (Å²) in [6.07, 6.45) is 2.00. The minimum Gasteiger partial charge on any atom is -0.396 e. The second-order valence-corrected chi connectivity index (χ2v) is 8.80. The fraction of sp³-hybridized carbons (Fsp3) is 0.810. The lowest BCUT2D eigenvalue weighted by atomic mass is 9.68. The van der Waals surface area contributed by atoms with Gasteiger partial charge in [0.2, 0.25) is 0 Å². The van der Waals surface area contributed by atoms with Crippen LogP contribution in [0.15, 0.2) is 22.8 Å². The van der Waals surface area contributed by atoms with E-state index < -0.39 is 23.7 Å². The molecule has 0 aromatic rings. The maximum Gasteiger partial charge on any atom is 0.102 e. The molecule has 0 aromatic heterocycles. The molecule has 0 aromatic carbocycles. The predicted molar refractivity (Wildman–Crippen MR) is 99.4 cm³/mol. The van der Waals surface area contributed by atoms with Gasteiger partial charge in [0, 0.05) is 31.0 Å². The van der Waals surface area contributed by atoms with Crippen molar-refractivity contribution in [1.82, 2.24) is 0 Å². The maximum absolute atomic E-state index is 11.1. The molecule has 0 aliphatic heterocycles. The lowest BCUT2D eigenvalue weighted by Gasteiger charge is -2.41. The summed E-state index contributed by atoms with van der Waals surface area (Å²) in [5.41, 5.74) is 2.13. The highest BCUT2D eigenvalue weighted by Crippen LogP contribution is 2.54. The molecule has 0 heterocycles. The summed E-state index contributed by atoms with van der Waals surface area (Å²) in [4.78, 5) is 0. The molecule has 3 rings (SSSR count). The van der Waals surface area contributed by atoms with Crippen LogP contribution in [-0.2, 0) is 4.74 Å². The Kier molecular flexibility index (Phi) is 5.67. The third kappa shape index (κ3) is 2.98. The van der Waals surface area contributed by atoms with Crippen molar-refractivity contribution in [3.63, 3.8) is 0 Å². The van der Waals surface area contributed by atoms with Crippen LogP contribution >= 0.6 is 0 Å². The van der Waals surface area contributed by atoms with Crippen molar-refractivity contribution in [3.05, 3.63) is 22.8 Å². The van der Waals surface area contributed by atoms with Gasteiger partial charge in [-0.15, -0.1) is 0 Å². The van der Waals surface area contributed by atoms with Crippen LogP contribution in [0.2, 0.25) is 0 Å². The number of ether oxygens (including phenoxy) is 1. The third-order valence-electron chi connectivity index (χ3n) is 7.25. The molecule has 5 nitrogen and oxygen atoms in total. The van der Waals surface area contributed by atoms with E-state index in [0.29, 0.717) is 24.5 Å². The van der Waals surface area contributed by atoms with Crippen molar-refractivity contribution in [2.45, 2.75) is 58.3 Å². The summed E-state index contributed by atoms with van der Waals surface area (Å²) in [5.74, 6) is 0.272. The van der Waals surface area contributed by atoms with Crippen LogP contribution < -0.4 is 0 Å². The smallest absolute Gasteiger partial charge is 0.102 e. The van der Waals surface area contributed by atoms with E-state index in [1.54, 1.807) is 7.11 Å². The van der Waals surface area contributed by atoms with Crippen molar-refractivity contribution in [2.75, 3.05) is 20.3 Å². The van der Waals surface area contributed by atoms with Crippen LogP contribution in [0.3, 0.4) is 0 Å². The molecule has 0 saturated heterocycles. The van der Waals surface area contributed by atoms with E-state index >= 15 is 0 Å². The Balaban J connectivity index is 2.17. The zero-order valence-corrected chi connectivity index (χ0v) is 16.4. The van der Waals surface area contributed by atoms with Crippen LogP contribution in [0.4, 0.5) is 0 Å². The van der Waals surface area contributed by atoms with Gasteiger partial charge in [0.1, 0.15) is 6.10 Å². The van der Waals surface area contributed by atoms with E-state index in [1.807, 2.05) is 20.8 Å². The molecule has 4 N–H and O–H groups in total. The van der Waals surface area contributed by atoms with Gasteiger partial charge < -0.3 is 25.2 Å². The lowest BCUT2D eigenvalue weighted by Crippen LogP contribution is -2.44. The second-order valence-electron chi connectivity index (χ2n) is 8.80. The Morgan fingerprint density at radius 1 is 1.27 bits per heavy atom. The van der Waals surface area contributed by atoms with E-state index in [9.17, 15) is 20.4 Å². The van der Waals surface area contributed by atoms with Gasteiger partial charge in [-0.05, 0) is 43.6 Å². The van der Waals surface area contributed by atoms with Gasteiger partial charge in [0.25, 0.3) is 0 Å². The first-order valence-corrected chi connectivity index (χ1v) is 9.86. The largest absolute Gasteiger partial charge is 0.396 e. The van der Waals surface area contributed by atoms with E-state index in [2.05, 4.69) is 6.08 Å². The van der Waals surface area contributed by atoms with Gasteiger partial charge in [0.05, 0.1) is 18.8 Å². The molecule has 3 aliphatic carbocycles. The van der Waals surface area contributed by atoms with E-state index in [-0.39, 0.29) is 24.4 Å². The van der Waals surface area contributed by atoms with E-state index in [0.717, 1.165) is 18.4 Å². The first-order valence-electron chi connectivity index (χ1n) is 9.86. The number of aliphatic hydroxyl groups excluding tert-OH is 4. The monoisotopic (exact) mass is 366 g/mol. The molecule has 5 heteroatoms. The van der Waals surface area contributed by atoms with Crippen LogP contribution in [0.25, 0.3) is 0 Å². The number of hydrogen-bond donors (Lipinski definition) is 4. The molecule has 8 atom stereocenters. The van der Waals surface area contributed by atoms with Crippen molar-refractivity contribution in [1.29, 1.82) is 0 Å². The summed E-state index contributed by atoms with van der Waals surface area (Å²) in [7, 11) is 1.71.